The van der Waals surface area contributed by atoms with Crippen LogP contribution in [-0.4, -0.2) is 30.6 Å². The van der Waals surface area contributed by atoms with Crippen molar-refractivity contribution in [1.82, 2.24) is 10.4 Å². The van der Waals surface area contributed by atoms with E-state index in [1.807, 2.05) is 13.8 Å². The third-order valence-electron chi connectivity index (χ3n) is 3.14. The molecule has 1 aliphatic heterocycles. The lowest BCUT2D eigenvalue weighted by molar-refractivity contribution is 0.171. The Hall–Kier alpha value is -0.950. The average Bonchev–Trinajstić information content (AvgIpc) is 2.40. The molecule has 0 saturated carbocycles. The molecule has 1 rings (SSSR count). The predicted octanol–water partition coefficient (Wildman–Crippen LogP) is -0.302. The van der Waals surface area contributed by atoms with Gasteiger partial charge in [0.05, 0.1) is 5.70 Å². The van der Waals surface area contributed by atoms with Crippen LogP contribution >= 0.6 is 0 Å². The summed E-state index contributed by atoms with van der Waals surface area (Å²) < 4.78 is 24.1. The minimum atomic E-state index is -3.43. The maximum atomic E-state index is 12.1. The second-order valence-corrected chi connectivity index (χ2v) is 7.23. The van der Waals surface area contributed by atoms with Crippen LogP contribution in [0.5, 0.6) is 0 Å². The molecule has 1 atom stereocenters. The molecule has 7 heteroatoms. The van der Waals surface area contributed by atoms with Gasteiger partial charge < -0.3 is 11.5 Å². The number of nitrogens with one attached hydrogen (secondary N) is 1. The van der Waals surface area contributed by atoms with Crippen molar-refractivity contribution in [2.45, 2.75) is 38.6 Å². The fourth-order valence-electron chi connectivity index (χ4n) is 2.18. The first kappa shape index (κ1) is 14.1. The fourth-order valence-corrected chi connectivity index (χ4v) is 3.80. The van der Waals surface area contributed by atoms with E-state index in [0.29, 0.717) is 5.82 Å². The van der Waals surface area contributed by atoms with Crippen LogP contribution in [0.2, 0.25) is 0 Å². The predicted molar refractivity (Wildman–Crippen MR) is 67.9 cm³/mol. The van der Waals surface area contributed by atoms with Gasteiger partial charge in [0, 0.05) is 12.3 Å². The average molecular weight is 262 g/mol. The third-order valence-corrected chi connectivity index (χ3v) is 5.09. The molecule has 17 heavy (non-hydrogen) atoms. The number of sulfone groups is 1. The van der Waals surface area contributed by atoms with E-state index in [4.69, 9.17) is 11.5 Å². The van der Waals surface area contributed by atoms with Crippen LogP contribution in [-0.2, 0) is 9.84 Å². The Kier molecular flexibility index (Phi) is 3.37. The minimum absolute atomic E-state index is 0.0240. The number of hydrogen-bond donors (Lipinski definition) is 3. The lowest BCUT2D eigenvalue weighted by atomic mass is 10.0. The third kappa shape index (κ3) is 1.87. The Balaban J connectivity index is 3.41. The summed E-state index contributed by atoms with van der Waals surface area (Å²) in [5, 5.41) is 1.61. The van der Waals surface area contributed by atoms with Gasteiger partial charge in [0.1, 0.15) is 5.82 Å². The number of nitrogens with zero attached hydrogens (tertiary/aromatic N) is 1. The highest BCUT2D eigenvalue weighted by molar-refractivity contribution is 7.92. The zero-order chi connectivity index (χ0) is 13.6. The minimum Gasteiger partial charge on any atom is -0.397 e. The molecule has 0 aromatic heterocycles. The van der Waals surface area contributed by atoms with Crippen molar-refractivity contribution in [3.05, 3.63) is 11.5 Å². The molecule has 0 radical (unpaired) electrons. The highest BCUT2D eigenvalue weighted by Gasteiger charge is 2.53. The largest absolute Gasteiger partial charge is 0.397 e. The van der Waals surface area contributed by atoms with E-state index in [1.54, 1.807) is 18.9 Å². The maximum absolute atomic E-state index is 12.1. The topological polar surface area (TPSA) is 101 Å². The fraction of sp³-hybridized carbons (Fsp3) is 0.800. The summed E-state index contributed by atoms with van der Waals surface area (Å²) in [6.45, 7) is 7.42. The Labute approximate surface area is 103 Å². The number of rotatable bonds is 3. The molecule has 0 aliphatic carbocycles. The molecule has 0 aromatic rings. The molecular formula is C10H22N4O2S. The second-order valence-electron chi connectivity index (χ2n) is 5.04. The SMILES string of the molecule is CC(C)N1NC(C(C)C)(S(C)(=O)=O)C(N)=C1N. The molecule has 0 aromatic carbocycles. The second kappa shape index (κ2) is 4.06. The molecule has 0 amide bonds. The summed E-state index contributed by atoms with van der Waals surface area (Å²) in [6.07, 6.45) is 1.17. The first-order chi connectivity index (χ1) is 7.55. The van der Waals surface area contributed by atoms with Gasteiger partial charge in [0.25, 0.3) is 0 Å². The van der Waals surface area contributed by atoms with Crippen molar-refractivity contribution in [2.75, 3.05) is 6.26 Å². The summed E-state index contributed by atoms with van der Waals surface area (Å²) in [5.41, 5.74) is 15.0. The zero-order valence-electron chi connectivity index (χ0n) is 11.0. The summed E-state index contributed by atoms with van der Waals surface area (Å²) in [6, 6.07) is 0.0240. The van der Waals surface area contributed by atoms with Crippen molar-refractivity contribution < 1.29 is 8.42 Å². The molecule has 0 bridgehead atoms. The molecule has 1 heterocycles. The standard InChI is InChI=1S/C10H22N4O2S/c1-6(2)10(17(5,15)16)8(11)9(12)14(13-10)7(3)4/h6-7,13H,11-12H2,1-5H3. The first-order valence-electron chi connectivity index (χ1n) is 5.58. The van der Waals surface area contributed by atoms with Gasteiger partial charge in [0.2, 0.25) is 0 Å². The van der Waals surface area contributed by atoms with E-state index in [0.717, 1.165) is 0 Å². The van der Waals surface area contributed by atoms with Gasteiger partial charge >= 0.3 is 0 Å². The van der Waals surface area contributed by atoms with Gasteiger partial charge in [-0.05, 0) is 19.8 Å². The molecule has 6 nitrogen and oxygen atoms in total. The van der Waals surface area contributed by atoms with E-state index >= 15 is 0 Å². The molecule has 1 aliphatic rings. The normalized spacial score (nSPS) is 26.4. The van der Waals surface area contributed by atoms with Gasteiger partial charge in [-0.2, -0.15) is 0 Å². The van der Waals surface area contributed by atoms with Gasteiger partial charge in [-0.25, -0.2) is 13.8 Å². The van der Waals surface area contributed by atoms with Crippen LogP contribution in [0.4, 0.5) is 0 Å². The van der Waals surface area contributed by atoms with E-state index in [-0.39, 0.29) is 17.7 Å². The number of nitrogens with two attached hydrogens (primary N) is 2. The van der Waals surface area contributed by atoms with Crippen molar-refractivity contribution in [3.63, 3.8) is 0 Å². The number of hydrazine groups is 1. The van der Waals surface area contributed by atoms with Crippen LogP contribution in [0.1, 0.15) is 27.7 Å². The number of hydrogen-bond acceptors (Lipinski definition) is 6. The van der Waals surface area contributed by atoms with E-state index in [2.05, 4.69) is 5.43 Å². The molecule has 0 fully saturated rings. The maximum Gasteiger partial charge on any atom is 0.183 e. The smallest absolute Gasteiger partial charge is 0.183 e. The highest BCUT2D eigenvalue weighted by Crippen LogP contribution is 2.35. The van der Waals surface area contributed by atoms with Crippen LogP contribution < -0.4 is 16.9 Å². The summed E-state index contributed by atoms with van der Waals surface area (Å²) >= 11 is 0. The Morgan fingerprint density at radius 2 is 1.71 bits per heavy atom. The van der Waals surface area contributed by atoms with Crippen molar-refractivity contribution in [1.29, 1.82) is 0 Å². The van der Waals surface area contributed by atoms with E-state index < -0.39 is 14.7 Å². The van der Waals surface area contributed by atoms with Gasteiger partial charge in [-0.1, -0.05) is 13.8 Å². The van der Waals surface area contributed by atoms with Crippen LogP contribution in [0.15, 0.2) is 11.5 Å². The quantitative estimate of drug-likeness (QED) is 0.645. The van der Waals surface area contributed by atoms with E-state index in [1.165, 1.54) is 6.26 Å². The lowest BCUT2D eigenvalue weighted by Gasteiger charge is -2.35. The summed E-state index contributed by atoms with van der Waals surface area (Å²) in [7, 11) is -3.43. The van der Waals surface area contributed by atoms with Gasteiger partial charge in [0.15, 0.2) is 14.7 Å². The van der Waals surface area contributed by atoms with Gasteiger partial charge in [-0.15, -0.1) is 0 Å². The van der Waals surface area contributed by atoms with E-state index in [9.17, 15) is 8.42 Å². The Morgan fingerprint density at radius 1 is 1.24 bits per heavy atom. The Bertz CT molecular complexity index is 441. The first-order valence-corrected chi connectivity index (χ1v) is 7.47. The molecule has 5 N–H and O–H groups in total. The van der Waals surface area contributed by atoms with Crippen molar-refractivity contribution >= 4 is 9.84 Å². The van der Waals surface area contributed by atoms with Crippen LogP contribution in [0.25, 0.3) is 0 Å². The molecule has 0 saturated heterocycles. The van der Waals surface area contributed by atoms with Crippen LogP contribution in [0.3, 0.4) is 0 Å². The van der Waals surface area contributed by atoms with Crippen molar-refractivity contribution in [2.24, 2.45) is 17.4 Å². The van der Waals surface area contributed by atoms with Gasteiger partial charge in [-0.3, -0.25) is 5.01 Å². The zero-order valence-corrected chi connectivity index (χ0v) is 11.8. The van der Waals surface area contributed by atoms with Crippen LogP contribution in [0, 0.1) is 5.92 Å². The monoisotopic (exact) mass is 262 g/mol. The molecule has 1 unspecified atom stereocenters. The molecular weight excluding hydrogens is 240 g/mol. The van der Waals surface area contributed by atoms with Crippen molar-refractivity contribution in [3.8, 4) is 0 Å². The molecule has 0 spiro atoms. The summed E-state index contributed by atoms with van der Waals surface area (Å²) in [5.74, 6) is 0.0684. The molecule has 100 valence electrons. The Morgan fingerprint density at radius 3 is 1.88 bits per heavy atom. The lowest BCUT2D eigenvalue weighted by Crippen LogP contribution is -2.59. The highest BCUT2D eigenvalue weighted by atomic mass is 32.2. The summed E-state index contributed by atoms with van der Waals surface area (Å²) in [4.78, 5) is -1.30.